The van der Waals surface area contributed by atoms with Crippen LogP contribution in [0, 0.1) is 0 Å². The average Bonchev–Trinajstić information content (AvgIpc) is 3.07. The number of piperidine rings is 1. The molecule has 1 N–H and O–H groups in total. The van der Waals surface area contributed by atoms with E-state index < -0.39 is 0 Å². The summed E-state index contributed by atoms with van der Waals surface area (Å²) in [6, 6.07) is 0.206. The number of nitrogens with one attached hydrogen (secondary N) is 1. The number of nitrogens with zero attached hydrogens (tertiary/aromatic N) is 4. The lowest BCUT2D eigenvalue weighted by molar-refractivity contribution is 0.0589. The number of likely N-dealkylation sites (tertiary alicyclic amines) is 1. The zero-order chi connectivity index (χ0) is 15.4. The maximum atomic E-state index is 12.6. The van der Waals surface area contributed by atoms with E-state index in [-0.39, 0.29) is 17.5 Å². The van der Waals surface area contributed by atoms with Crippen molar-refractivity contribution in [3.63, 3.8) is 0 Å². The van der Waals surface area contributed by atoms with Crippen molar-refractivity contribution >= 4 is 5.91 Å². The van der Waals surface area contributed by atoms with Crippen molar-refractivity contribution in [3.05, 3.63) is 47.2 Å². The van der Waals surface area contributed by atoms with Crippen LogP contribution in [0.5, 0.6) is 0 Å². The molecule has 3 heterocycles. The Hall–Kier alpha value is -2.44. The first-order valence-corrected chi connectivity index (χ1v) is 7.55. The Morgan fingerprint density at radius 1 is 1.41 bits per heavy atom. The number of aryl methyl sites for hydroxylation is 1. The minimum atomic E-state index is -0.299. The number of amides is 1. The molecule has 0 saturated carbocycles. The van der Waals surface area contributed by atoms with Crippen LogP contribution in [0.1, 0.15) is 36.2 Å². The number of carbonyl (C=O) groups is 1. The van der Waals surface area contributed by atoms with Gasteiger partial charge in [-0.3, -0.25) is 9.59 Å². The van der Waals surface area contributed by atoms with E-state index in [1.54, 1.807) is 12.5 Å². The molecule has 22 heavy (non-hydrogen) atoms. The Balaban J connectivity index is 1.69. The predicted octanol–water partition coefficient (Wildman–Crippen LogP) is 1.05. The lowest BCUT2D eigenvalue weighted by Gasteiger charge is -2.35. The van der Waals surface area contributed by atoms with Crippen LogP contribution in [0.25, 0.3) is 0 Å². The van der Waals surface area contributed by atoms with E-state index in [1.165, 1.54) is 6.20 Å². The molecule has 3 rings (SSSR count). The Kier molecular flexibility index (Phi) is 4.32. The van der Waals surface area contributed by atoms with Gasteiger partial charge < -0.3 is 14.5 Å². The molecule has 1 atom stereocenters. The first-order chi connectivity index (χ1) is 10.7. The standard InChI is InChI=1S/C15H19N5O2/c21-14-10-17-13(9-18-14)15(22)20-6-2-1-3-12(20)4-7-19-8-5-16-11-19/h5,8-12H,1-4,6-7H2,(H,18,21)/t12-/m0/s1. The Labute approximate surface area is 128 Å². The minimum Gasteiger partial charge on any atom is -0.337 e. The molecule has 2 aromatic heterocycles. The molecule has 116 valence electrons. The first-order valence-electron chi connectivity index (χ1n) is 7.55. The van der Waals surface area contributed by atoms with Crippen LogP contribution in [-0.4, -0.2) is 42.9 Å². The topological polar surface area (TPSA) is 83.9 Å². The molecule has 0 unspecified atom stereocenters. The molecule has 7 heteroatoms. The van der Waals surface area contributed by atoms with Gasteiger partial charge in [-0.1, -0.05) is 0 Å². The van der Waals surface area contributed by atoms with Gasteiger partial charge >= 0.3 is 0 Å². The van der Waals surface area contributed by atoms with Crippen molar-refractivity contribution in [3.8, 4) is 0 Å². The second-order valence-corrected chi connectivity index (χ2v) is 5.53. The molecule has 1 saturated heterocycles. The van der Waals surface area contributed by atoms with Crippen LogP contribution in [0.15, 0.2) is 35.9 Å². The Morgan fingerprint density at radius 3 is 3.05 bits per heavy atom. The van der Waals surface area contributed by atoms with Gasteiger partial charge in [-0.25, -0.2) is 9.97 Å². The van der Waals surface area contributed by atoms with Crippen LogP contribution in [0.4, 0.5) is 0 Å². The van der Waals surface area contributed by atoms with E-state index in [2.05, 4.69) is 15.0 Å². The second-order valence-electron chi connectivity index (χ2n) is 5.53. The SMILES string of the molecule is O=C(c1c[nH]c(=O)cn1)N1CCCC[C@H]1CCn1ccnc1. The van der Waals surface area contributed by atoms with Gasteiger partial charge in [0, 0.05) is 37.7 Å². The summed E-state index contributed by atoms with van der Waals surface area (Å²) in [6.45, 7) is 1.59. The van der Waals surface area contributed by atoms with Crippen molar-refractivity contribution in [2.24, 2.45) is 0 Å². The third-order valence-electron chi connectivity index (χ3n) is 4.06. The van der Waals surface area contributed by atoms with Crippen LogP contribution >= 0.6 is 0 Å². The van der Waals surface area contributed by atoms with Gasteiger partial charge in [-0.15, -0.1) is 0 Å². The first kappa shape index (κ1) is 14.5. The lowest BCUT2D eigenvalue weighted by atomic mass is 9.99. The fourth-order valence-corrected chi connectivity index (χ4v) is 2.89. The number of aromatic amines is 1. The van der Waals surface area contributed by atoms with Crippen molar-refractivity contribution < 1.29 is 4.79 Å². The van der Waals surface area contributed by atoms with E-state index in [4.69, 9.17) is 0 Å². The van der Waals surface area contributed by atoms with Gasteiger partial charge in [-0.2, -0.15) is 0 Å². The van der Waals surface area contributed by atoms with Gasteiger partial charge in [0.2, 0.25) is 0 Å². The summed E-state index contributed by atoms with van der Waals surface area (Å²) >= 11 is 0. The van der Waals surface area contributed by atoms with Crippen molar-refractivity contribution in [2.45, 2.75) is 38.3 Å². The van der Waals surface area contributed by atoms with Crippen molar-refractivity contribution in [1.82, 2.24) is 24.4 Å². The van der Waals surface area contributed by atoms with Gasteiger partial charge in [0.15, 0.2) is 0 Å². The lowest BCUT2D eigenvalue weighted by Crippen LogP contribution is -2.44. The van der Waals surface area contributed by atoms with E-state index in [9.17, 15) is 9.59 Å². The summed E-state index contributed by atoms with van der Waals surface area (Å²) < 4.78 is 2.02. The van der Waals surface area contributed by atoms with Crippen LogP contribution < -0.4 is 5.56 Å². The normalized spacial score (nSPS) is 18.4. The molecule has 1 aliphatic heterocycles. The molecular weight excluding hydrogens is 282 g/mol. The summed E-state index contributed by atoms with van der Waals surface area (Å²) in [5.41, 5.74) is 0.000910. The molecule has 0 spiro atoms. The van der Waals surface area contributed by atoms with Crippen LogP contribution in [0.2, 0.25) is 0 Å². The number of rotatable bonds is 4. The summed E-state index contributed by atoms with van der Waals surface area (Å²) in [7, 11) is 0. The molecule has 0 aromatic carbocycles. The number of hydrogen-bond donors (Lipinski definition) is 1. The number of H-pyrrole nitrogens is 1. The second kappa shape index (κ2) is 6.55. The summed E-state index contributed by atoms with van der Waals surface area (Å²) in [4.78, 5) is 36.1. The fourth-order valence-electron chi connectivity index (χ4n) is 2.89. The Bertz CT molecular complexity index is 659. The highest BCUT2D eigenvalue weighted by molar-refractivity contribution is 5.92. The highest BCUT2D eigenvalue weighted by atomic mass is 16.2. The van der Waals surface area contributed by atoms with E-state index in [0.29, 0.717) is 5.69 Å². The fraction of sp³-hybridized carbons (Fsp3) is 0.467. The average molecular weight is 301 g/mol. The molecule has 7 nitrogen and oxygen atoms in total. The number of aromatic nitrogens is 4. The zero-order valence-electron chi connectivity index (χ0n) is 12.3. The van der Waals surface area contributed by atoms with Gasteiger partial charge in [0.25, 0.3) is 11.5 Å². The predicted molar refractivity (Wildman–Crippen MR) is 80.4 cm³/mol. The van der Waals surface area contributed by atoms with Gasteiger partial charge in [0.1, 0.15) is 5.69 Å². The van der Waals surface area contributed by atoms with E-state index >= 15 is 0 Å². The molecule has 1 amide bonds. The third kappa shape index (κ3) is 3.24. The molecule has 1 fully saturated rings. The van der Waals surface area contributed by atoms with E-state index in [1.807, 2.05) is 15.7 Å². The quantitative estimate of drug-likeness (QED) is 0.915. The zero-order valence-corrected chi connectivity index (χ0v) is 12.3. The molecular formula is C15H19N5O2. The van der Waals surface area contributed by atoms with Crippen molar-refractivity contribution in [2.75, 3.05) is 6.54 Å². The minimum absolute atomic E-state index is 0.105. The van der Waals surface area contributed by atoms with Crippen LogP contribution in [-0.2, 0) is 6.54 Å². The number of hydrogen-bond acceptors (Lipinski definition) is 4. The van der Waals surface area contributed by atoms with Gasteiger partial charge in [0.05, 0.1) is 12.5 Å². The largest absolute Gasteiger partial charge is 0.337 e. The molecule has 1 aliphatic rings. The molecule has 0 bridgehead atoms. The smallest absolute Gasteiger partial charge is 0.274 e. The molecule has 2 aromatic rings. The van der Waals surface area contributed by atoms with Gasteiger partial charge in [-0.05, 0) is 25.7 Å². The van der Waals surface area contributed by atoms with Crippen LogP contribution in [0.3, 0.4) is 0 Å². The van der Waals surface area contributed by atoms with E-state index in [0.717, 1.165) is 45.0 Å². The Morgan fingerprint density at radius 2 is 2.32 bits per heavy atom. The molecule has 0 aliphatic carbocycles. The summed E-state index contributed by atoms with van der Waals surface area (Å²) in [6.07, 6.45) is 12.1. The third-order valence-corrected chi connectivity index (χ3v) is 4.06. The monoisotopic (exact) mass is 301 g/mol. The molecule has 0 radical (unpaired) electrons. The number of carbonyl (C=O) groups excluding carboxylic acids is 1. The number of imidazole rings is 1. The summed E-state index contributed by atoms with van der Waals surface area (Å²) in [5, 5.41) is 0. The highest BCUT2D eigenvalue weighted by Gasteiger charge is 2.28. The van der Waals surface area contributed by atoms with Crippen molar-refractivity contribution in [1.29, 1.82) is 0 Å². The highest BCUT2D eigenvalue weighted by Crippen LogP contribution is 2.21. The summed E-state index contributed by atoms with van der Waals surface area (Å²) in [5.74, 6) is -0.105. The maximum absolute atomic E-state index is 12.6. The maximum Gasteiger partial charge on any atom is 0.274 e.